The van der Waals surface area contributed by atoms with Crippen molar-refractivity contribution in [1.82, 2.24) is 14.9 Å². The fourth-order valence-corrected chi connectivity index (χ4v) is 1.56. The molecule has 0 aliphatic heterocycles. The molecule has 0 fully saturated rings. The third-order valence-electron chi connectivity index (χ3n) is 2.75. The van der Waals surface area contributed by atoms with Crippen molar-refractivity contribution in [1.29, 1.82) is 0 Å². The zero-order valence-corrected chi connectivity index (χ0v) is 11.5. The molecule has 0 bridgehead atoms. The minimum Gasteiger partial charge on any atom is -0.378 e. The maximum atomic E-state index is 11.7. The Morgan fingerprint density at radius 2 is 1.90 bits per heavy atom. The van der Waals surface area contributed by atoms with Crippen LogP contribution in [0.15, 0.2) is 39.0 Å². The Morgan fingerprint density at radius 1 is 1.25 bits per heavy atom. The summed E-state index contributed by atoms with van der Waals surface area (Å²) in [7, 11) is 3.89. The third kappa shape index (κ3) is 2.82. The number of anilines is 1. The number of rotatable bonds is 3. The maximum absolute atomic E-state index is 11.7. The van der Waals surface area contributed by atoms with Gasteiger partial charge in [-0.2, -0.15) is 10.2 Å². The lowest BCUT2D eigenvalue weighted by molar-refractivity contribution is 0.694. The molecule has 0 unspecified atom stereocenters. The number of aryl methyl sites for hydroxylation is 1. The first-order valence-corrected chi connectivity index (χ1v) is 5.99. The van der Waals surface area contributed by atoms with Gasteiger partial charge in [-0.3, -0.25) is 4.79 Å². The van der Waals surface area contributed by atoms with Gasteiger partial charge in [-0.05, 0) is 24.6 Å². The van der Waals surface area contributed by atoms with Crippen molar-refractivity contribution in [3.63, 3.8) is 0 Å². The van der Waals surface area contributed by atoms with Gasteiger partial charge in [0.25, 0.3) is 5.56 Å². The van der Waals surface area contributed by atoms with E-state index in [0.717, 1.165) is 15.9 Å². The Kier molecular flexibility index (Phi) is 3.79. The summed E-state index contributed by atoms with van der Waals surface area (Å²) in [5, 5.41) is 9.67. The number of H-pyrrole nitrogens is 1. The number of hydrogen-bond acceptors (Lipinski definition) is 5. The molecule has 20 heavy (non-hydrogen) atoms. The van der Waals surface area contributed by atoms with Gasteiger partial charge in [-0.1, -0.05) is 12.1 Å². The molecule has 7 heteroatoms. The first-order chi connectivity index (χ1) is 9.49. The van der Waals surface area contributed by atoms with Gasteiger partial charge in [-0.15, -0.1) is 4.68 Å². The van der Waals surface area contributed by atoms with Crippen molar-refractivity contribution >= 4 is 11.9 Å². The largest absolute Gasteiger partial charge is 0.378 e. The van der Waals surface area contributed by atoms with Gasteiger partial charge >= 0.3 is 5.69 Å². The van der Waals surface area contributed by atoms with E-state index in [0.29, 0.717) is 0 Å². The smallest absolute Gasteiger partial charge is 0.365 e. The predicted molar refractivity (Wildman–Crippen MR) is 77.6 cm³/mol. The van der Waals surface area contributed by atoms with Crippen molar-refractivity contribution in [2.45, 2.75) is 6.92 Å². The van der Waals surface area contributed by atoms with Crippen molar-refractivity contribution in [2.75, 3.05) is 19.0 Å². The summed E-state index contributed by atoms with van der Waals surface area (Å²) in [6.45, 7) is 1.51. The van der Waals surface area contributed by atoms with Gasteiger partial charge in [0.15, 0.2) is 0 Å². The summed E-state index contributed by atoms with van der Waals surface area (Å²) >= 11 is 0. The molecule has 0 aliphatic carbocycles. The van der Waals surface area contributed by atoms with Crippen LogP contribution in [0.25, 0.3) is 0 Å². The molecule has 2 aromatic rings. The Hall–Kier alpha value is -2.70. The number of aromatic nitrogens is 3. The summed E-state index contributed by atoms with van der Waals surface area (Å²) in [6.07, 6.45) is 1.45. The van der Waals surface area contributed by atoms with Gasteiger partial charge < -0.3 is 4.90 Å². The van der Waals surface area contributed by atoms with Crippen LogP contribution in [0.3, 0.4) is 0 Å². The number of hydrogen-bond donors (Lipinski definition) is 1. The third-order valence-corrected chi connectivity index (χ3v) is 2.75. The van der Waals surface area contributed by atoms with Crippen LogP contribution in [0.1, 0.15) is 11.3 Å². The van der Waals surface area contributed by atoms with E-state index in [1.165, 1.54) is 13.1 Å². The zero-order chi connectivity index (χ0) is 14.7. The summed E-state index contributed by atoms with van der Waals surface area (Å²) < 4.78 is 0.752. The van der Waals surface area contributed by atoms with Crippen molar-refractivity contribution < 1.29 is 0 Å². The van der Waals surface area contributed by atoms with Crippen LogP contribution in [0.5, 0.6) is 0 Å². The number of aromatic amines is 1. The molecule has 0 amide bonds. The van der Waals surface area contributed by atoms with Crippen molar-refractivity contribution in [2.24, 2.45) is 5.10 Å². The Labute approximate surface area is 115 Å². The molecule has 0 atom stereocenters. The molecule has 7 nitrogen and oxygen atoms in total. The second-order valence-electron chi connectivity index (χ2n) is 4.46. The summed E-state index contributed by atoms with van der Waals surface area (Å²) in [4.78, 5) is 25.2. The van der Waals surface area contributed by atoms with E-state index >= 15 is 0 Å². The average Bonchev–Trinajstić information content (AvgIpc) is 2.43. The van der Waals surface area contributed by atoms with E-state index in [1.807, 2.05) is 43.3 Å². The molecule has 1 aromatic carbocycles. The van der Waals surface area contributed by atoms with Crippen LogP contribution in [0.2, 0.25) is 0 Å². The normalized spacial score (nSPS) is 10.9. The molecule has 0 saturated carbocycles. The highest BCUT2D eigenvalue weighted by molar-refractivity contribution is 5.80. The second-order valence-corrected chi connectivity index (χ2v) is 4.46. The lowest BCUT2D eigenvalue weighted by Gasteiger charge is -2.11. The number of nitrogens with one attached hydrogen (secondary N) is 1. The SMILES string of the molecule is Cc1n[nH]c(=O)n(/N=C\c2ccc(N(C)C)cc2)c1=O. The fourth-order valence-electron chi connectivity index (χ4n) is 1.56. The highest BCUT2D eigenvalue weighted by atomic mass is 16.2. The van der Waals surface area contributed by atoms with Gasteiger partial charge in [0.05, 0.1) is 6.21 Å². The molecule has 0 radical (unpaired) electrons. The molecular weight excluding hydrogens is 258 g/mol. The van der Waals surface area contributed by atoms with Crippen molar-refractivity contribution in [3.8, 4) is 0 Å². The van der Waals surface area contributed by atoms with E-state index in [1.54, 1.807) is 0 Å². The summed E-state index contributed by atoms with van der Waals surface area (Å²) in [5.41, 5.74) is 0.828. The van der Waals surface area contributed by atoms with E-state index in [2.05, 4.69) is 15.3 Å². The van der Waals surface area contributed by atoms with E-state index in [-0.39, 0.29) is 5.69 Å². The molecule has 0 spiro atoms. The Morgan fingerprint density at radius 3 is 2.50 bits per heavy atom. The van der Waals surface area contributed by atoms with Crippen LogP contribution in [-0.2, 0) is 0 Å². The minimum absolute atomic E-state index is 0.185. The minimum atomic E-state index is -0.665. The van der Waals surface area contributed by atoms with E-state index in [4.69, 9.17) is 0 Å². The number of nitrogens with zero attached hydrogens (tertiary/aromatic N) is 4. The van der Waals surface area contributed by atoms with Gasteiger partial charge in [0.1, 0.15) is 5.69 Å². The molecule has 0 saturated heterocycles. The second kappa shape index (κ2) is 5.52. The standard InChI is InChI=1S/C13H15N5O2/c1-9-12(19)18(13(20)16-15-9)14-8-10-4-6-11(7-5-10)17(2)3/h4-8H,1-3H3,(H,16,20)/b14-8-. The van der Waals surface area contributed by atoms with Gasteiger partial charge in [0, 0.05) is 19.8 Å². The number of benzene rings is 1. The molecule has 1 heterocycles. The predicted octanol–water partition coefficient (Wildman–Crippen LogP) is 0.188. The van der Waals surface area contributed by atoms with E-state index < -0.39 is 11.2 Å². The highest BCUT2D eigenvalue weighted by Crippen LogP contribution is 2.10. The van der Waals surface area contributed by atoms with Gasteiger partial charge in [-0.25, -0.2) is 9.89 Å². The molecule has 0 aliphatic rings. The van der Waals surface area contributed by atoms with Crippen LogP contribution in [-0.4, -0.2) is 35.2 Å². The summed E-state index contributed by atoms with van der Waals surface area (Å²) in [5.74, 6) is 0. The van der Waals surface area contributed by atoms with Crippen LogP contribution in [0.4, 0.5) is 5.69 Å². The Bertz CT molecular complexity index is 741. The average molecular weight is 273 g/mol. The van der Waals surface area contributed by atoms with Crippen LogP contribution >= 0.6 is 0 Å². The fraction of sp³-hybridized carbons (Fsp3) is 0.231. The quantitative estimate of drug-likeness (QED) is 0.809. The topological polar surface area (TPSA) is 83.3 Å². The lowest BCUT2D eigenvalue weighted by atomic mass is 10.2. The molecule has 104 valence electrons. The van der Waals surface area contributed by atoms with E-state index in [9.17, 15) is 9.59 Å². The zero-order valence-electron chi connectivity index (χ0n) is 11.5. The summed E-state index contributed by atoms with van der Waals surface area (Å²) in [6, 6.07) is 7.55. The first-order valence-electron chi connectivity index (χ1n) is 5.99. The lowest BCUT2D eigenvalue weighted by Crippen LogP contribution is -2.35. The molecule has 1 N–H and O–H groups in total. The molecular formula is C13H15N5O2. The van der Waals surface area contributed by atoms with Crippen LogP contribution < -0.4 is 16.1 Å². The molecule has 2 rings (SSSR count). The molecule has 1 aromatic heterocycles. The van der Waals surface area contributed by atoms with Crippen molar-refractivity contribution in [3.05, 3.63) is 56.4 Å². The monoisotopic (exact) mass is 273 g/mol. The highest BCUT2D eigenvalue weighted by Gasteiger charge is 2.03. The first kappa shape index (κ1) is 13.7. The maximum Gasteiger partial charge on any atom is 0.365 e. The van der Waals surface area contributed by atoms with Gasteiger partial charge in [0.2, 0.25) is 0 Å². The Balaban J connectivity index is 2.33. The van der Waals surface area contributed by atoms with Crippen LogP contribution in [0, 0.1) is 6.92 Å².